The predicted octanol–water partition coefficient (Wildman–Crippen LogP) is 3.60. The van der Waals surface area contributed by atoms with Gasteiger partial charge in [-0.1, -0.05) is 30.3 Å². The summed E-state index contributed by atoms with van der Waals surface area (Å²) in [5.41, 5.74) is 2.57. The van der Waals surface area contributed by atoms with E-state index in [4.69, 9.17) is 9.47 Å². The van der Waals surface area contributed by atoms with Gasteiger partial charge < -0.3 is 14.8 Å². The number of aromatic nitrogens is 2. The summed E-state index contributed by atoms with van der Waals surface area (Å²) in [7, 11) is 3.17. The summed E-state index contributed by atoms with van der Waals surface area (Å²) in [4.78, 5) is 12.2. The average Bonchev–Trinajstić information content (AvgIpc) is 3.13. The van der Waals surface area contributed by atoms with E-state index in [2.05, 4.69) is 10.4 Å². The molecule has 3 rings (SSSR count). The van der Waals surface area contributed by atoms with Crippen LogP contribution in [0.3, 0.4) is 0 Å². The van der Waals surface area contributed by atoms with Crippen LogP contribution in [0, 0.1) is 0 Å². The summed E-state index contributed by atoms with van der Waals surface area (Å²) in [6.07, 6.45) is 6.58. The van der Waals surface area contributed by atoms with Crippen LogP contribution >= 0.6 is 0 Å². The Balaban J connectivity index is 1.62. The number of hydrogen-bond donors (Lipinski definition) is 1. The Kier molecular flexibility index (Phi) is 5.89. The highest BCUT2D eigenvalue weighted by Crippen LogP contribution is 2.25. The van der Waals surface area contributed by atoms with Crippen molar-refractivity contribution in [2.24, 2.45) is 0 Å². The summed E-state index contributed by atoms with van der Waals surface area (Å²) in [5, 5.41) is 7.08. The van der Waals surface area contributed by atoms with E-state index in [0.29, 0.717) is 23.7 Å². The van der Waals surface area contributed by atoms with Crippen LogP contribution in [0.5, 0.6) is 11.5 Å². The van der Waals surface area contributed by atoms with E-state index >= 15 is 0 Å². The molecule has 0 saturated carbocycles. The number of nitrogens with one attached hydrogen (secondary N) is 1. The molecule has 3 aromatic rings. The Morgan fingerprint density at radius 3 is 2.70 bits per heavy atom. The molecule has 0 radical (unpaired) electrons. The number of anilines is 1. The molecule has 2 aromatic carbocycles. The second kappa shape index (κ2) is 8.71. The summed E-state index contributed by atoms with van der Waals surface area (Å²) >= 11 is 0. The summed E-state index contributed by atoms with van der Waals surface area (Å²) in [6, 6.07) is 15.4. The standard InChI is InChI=1S/C21H21N3O3/c1-26-19-10-8-17(20(12-19)27-2)9-11-21(25)23-18-13-22-24(15-18)14-16-6-4-3-5-7-16/h3-13,15H,14H2,1-2H3,(H,23,25)/b11-9+. The van der Waals surface area contributed by atoms with Crippen LogP contribution in [-0.4, -0.2) is 29.9 Å². The van der Waals surface area contributed by atoms with Crippen LogP contribution < -0.4 is 14.8 Å². The van der Waals surface area contributed by atoms with E-state index in [1.165, 1.54) is 6.08 Å². The lowest BCUT2D eigenvalue weighted by Crippen LogP contribution is -2.07. The lowest BCUT2D eigenvalue weighted by Gasteiger charge is -2.07. The van der Waals surface area contributed by atoms with Gasteiger partial charge in [0.05, 0.1) is 32.6 Å². The maximum absolute atomic E-state index is 12.2. The maximum atomic E-state index is 12.2. The molecule has 0 aliphatic carbocycles. The molecule has 1 heterocycles. The van der Waals surface area contributed by atoms with Crippen molar-refractivity contribution >= 4 is 17.7 Å². The third-order valence-electron chi connectivity index (χ3n) is 3.94. The number of amides is 1. The number of nitrogens with zero attached hydrogens (tertiary/aromatic N) is 2. The molecule has 0 saturated heterocycles. The third kappa shape index (κ3) is 4.98. The van der Waals surface area contributed by atoms with E-state index in [0.717, 1.165) is 11.1 Å². The smallest absolute Gasteiger partial charge is 0.248 e. The highest BCUT2D eigenvalue weighted by atomic mass is 16.5. The van der Waals surface area contributed by atoms with Crippen LogP contribution in [-0.2, 0) is 11.3 Å². The van der Waals surface area contributed by atoms with Crippen LogP contribution in [0.4, 0.5) is 5.69 Å². The fourth-order valence-electron chi connectivity index (χ4n) is 2.59. The molecule has 0 unspecified atom stereocenters. The molecule has 6 nitrogen and oxygen atoms in total. The number of methoxy groups -OCH3 is 2. The van der Waals surface area contributed by atoms with Gasteiger partial charge in [-0.15, -0.1) is 0 Å². The lowest BCUT2D eigenvalue weighted by atomic mass is 10.1. The number of ether oxygens (including phenoxy) is 2. The zero-order valence-electron chi connectivity index (χ0n) is 15.3. The number of benzene rings is 2. The molecule has 1 aromatic heterocycles. The van der Waals surface area contributed by atoms with Crippen molar-refractivity contribution < 1.29 is 14.3 Å². The fourth-order valence-corrected chi connectivity index (χ4v) is 2.59. The molecule has 6 heteroatoms. The molecule has 0 atom stereocenters. The second-order valence-electron chi connectivity index (χ2n) is 5.84. The molecular formula is C21H21N3O3. The summed E-state index contributed by atoms with van der Waals surface area (Å²) in [6.45, 7) is 0.648. The highest BCUT2D eigenvalue weighted by molar-refractivity contribution is 6.02. The van der Waals surface area contributed by atoms with E-state index in [9.17, 15) is 4.79 Å². The van der Waals surface area contributed by atoms with Gasteiger partial charge in [-0.2, -0.15) is 5.10 Å². The fraction of sp³-hybridized carbons (Fsp3) is 0.143. The van der Waals surface area contributed by atoms with E-state index in [1.54, 1.807) is 43.4 Å². The van der Waals surface area contributed by atoms with Crippen LogP contribution in [0.1, 0.15) is 11.1 Å². The number of carbonyl (C=O) groups is 1. The SMILES string of the molecule is COc1ccc(/C=C/C(=O)Nc2cnn(Cc3ccccc3)c2)c(OC)c1. The minimum atomic E-state index is -0.243. The summed E-state index contributed by atoms with van der Waals surface area (Å²) < 4.78 is 12.3. The van der Waals surface area contributed by atoms with Gasteiger partial charge in [0, 0.05) is 23.9 Å². The highest BCUT2D eigenvalue weighted by Gasteiger charge is 2.05. The molecular weight excluding hydrogens is 342 g/mol. The first kappa shape index (κ1) is 18.3. The van der Waals surface area contributed by atoms with Crippen LogP contribution in [0.2, 0.25) is 0 Å². The zero-order chi connectivity index (χ0) is 19.1. The van der Waals surface area contributed by atoms with Crippen molar-refractivity contribution in [3.8, 4) is 11.5 Å². The van der Waals surface area contributed by atoms with Gasteiger partial charge in [0.25, 0.3) is 0 Å². The van der Waals surface area contributed by atoms with E-state index in [-0.39, 0.29) is 5.91 Å². The number of hydrogen-bond acceptors (Lipinski definition) is 4. The molecule has 0 aliphatic heterocycles. The molecule has 138 valence electrons. The lowest BCUT2D eigenvalue weighted by molar-refractivity contribution is -0.111. The quantitative estimate of drug-likeness (QED) is 0.652. The third-order valence-corrected chi connectivity index (χ3v) is 3.94. The van der Waals surface area contributed by atoms with Gasteiger partial charge in [0.1, 0.15) is 11.5 Å². The Hall–Kier alpha value is -3.54. The van der Waals surface area contributed by atoms with E-state index in [1.807, 2.05) is 42.5 Å². The van der Waals surface area contributed by atoms with Crippen molar-refractivity contribution in [2.45, 2.75) is 6.54 Å². The molecule has 0 aliphatic rings. The van der Waals surface area contributed by atoms with Gasteiger partial charge in [0.15, 0.2) is 0 Å². The van der Waals surface area contributed by atoms with Gasteiger partial charge in [0.2, 0.25) is 5.91 Å². The van der Waals surface area contributed by atoms with Crippen LogP contribution in [0.15, 0.2) is 67.0 Å². The van der Waals surface area contributed by atoms with Gasteiger partial charge >= 0.3 is 0 Å². The van der Waals surface area contributed by atoms with E-state index < -0.39 is 0 Å². The zero-order valence-corrected chi connectivity index (χ0v) is 15.3. The monoisotopic (exact) mass is 363 g/mol. The molecule has 0 spiro atoms. The second-order valence-corrected chi connectivity index (χ2v) is 5.84. The van der Waals surface area contributed by atoms with Crippen molar-refractivity contribution in [3.63, 3.8) is 0 Å². The molecule has 27 heavy (non-hydrogen) atoms. The normalized spacial score (nSPS) is 10.7. The first-order valence-electron chi connectivity index (χ1n) is 8.45. The Morgan fingerprint density at radius 1 is 1.15 bits per heavy atom. The maximum Gasteiger partial charge on any atom is 0.248 e. The Labute approximate surface area is 158 Å². The summed E-state index contributed by atoms with van der Waals surface area (Å²) in [5.74, 6) is 1.08. The molecule has 0 bridgehead atoms. The average molecular weight is 363 g/mol. The van der Waals surface area contributed by atoms with Crippen LogP contribution in [0.25, 0.3) is 6.08 Å². The van der Waals surface area contributed by atoms with Crippen molar-refractivity contribution in [1.82, 2.24) is 9.78 Å². The molecule has 0 fully saturated rings. The minimum Gasteiger partial charge on any atom is -0.497 e. The molecule has 1 N–H and O–H groups in total. The number of carbonyl (C=O) groups excluding carboxylic acids is 1. The van der Waals surface area contributed by atoms with Crippen molar-refractivity contribution in [1.29, 1.82) is 0 Å². The van der Waals surface area contributed by atoms with Crippen molar-refractivity contribution in [3.05, 3.63) is 78.1 Å². The van der Waals surface area contributed by atoms with Gasteiger partial charge in [-0.3, -0.25) is 9.48 Å². The number of rotatable bonds is 7. The Bertz CT molecular complexity index is 933. The largest absolute Gasteiger partial charge is 0.497 e. The first-order chi connectivity index (χ1) is 13.2. The predicted molar refractivity (Wildman–Crippen MR) is 105 cm³/mol. The topological polar surface area (TPSA) is 65.4 Å². The Morgan fingerprint density at radius 2 is 1.96 bits per heavy atom. The first-order valence-corrected chi connectivity index (χ1v) is 8.45. The van der Waals surface area contributed by atoms with Gasteiger partial charge in [-0.05, 0) is 23.8 Å². The van der Waals surface area contributed by atoms with Gasteiger partial charge in [-0.25, -0.2) is 0 Å². The van der Waals surface area contributed by atoms with Crippen molar-refractivity contribution in [2.75, 3.05) is 19.5 Å². The minimum absolute atomic E-state index is 0.243. The molecule has 1 amide bonds.